The molecule has 1 fully saturated rings. The van der Waals surface area contributed by atoms with Crippen molar-refractivity contribution in [3.8, 4) is 11.5 Å². The van der Waals surface area contributed by atoms with E-state index in [2.05, 4.69) is 10.2 Å². The first kappa shape index (κ1) is 18.4. The first-order valence-electron chi connectivity index (χ1n) is 8.24. The van der Waals surface area contributed by atoms with Gasteiger partial charge < -0.3 is 24.8 Å². The minimum absolute atomic E-state index is 0.0286. The van der Waals surface area contributed by atoms with E-state index in [0.717, 1.165) is 25.1 Å². The number of carbonyl (C=O) groups excluding carboxylic acids is 1. The fraction of sp³-hybridized carbons (Fsp3) is 0.588. The van der Waals surface area contributed by atoms with Gasteiger partial charge in [0.15, 0.2) is 11.5 Å². The molecule has 0 aliphatic carbocycles. The number of ether oxygens (including phenoxy) is 2. The first-order chi connectivity index (χ1) is 11.7. The van der Waals surface area contributed by atoms with E-state index in [1.807, 2.05) is 23.1 Å². The summed E-state index contributed by atoms with van der Waals surface area (Å²) < 4.78 is 10.5. The van der Waals surface area contributed by atoms with Gasteiger partial charge in [-0.1, -0.05) is 6.07 Å². The molecule has 1 aliphatic heterocycles. The molecule has 0 aromatic heterocycles. The van der Waals surface area contributed by atoms with Crippen LogP contribution in [0.15, 0.2) is 18.2 Å². The summed E-state index contributed by atoms with van der Waals surface area (Å²) in [5.74, 6) is 1.40. The van der Waals surface area contributed by atoms with E-state index >= 15 is 0 Å². The van der Waals surface area contributed by atoms with Crippen molar-refractivity contribution in [1.82, 2.24) is 15.1 Å². The van der Waals surface area contributed by atoms with Gasteiger partial charge in [0, 0.05) is 39.3 Å². The average molecular weight is 337 g/mol. The van der Waals surface area contributed by atoms with E-state index in [-0.39, 0.29) is 12.6 Å². The van der Waals surface area contributed by atoms with Crippen molar-refractivity contribution < 1.29 is 19.4 Å². The van der Waals surface area contributed by atoms with Crippen molar-refractivity contribution >= 4 is 6.03 Å². The predicted octanol–water partition coefficient (Wildman–Crippen LogP) is 0.566. The molecule has 7 nitrogen and oxygen atoms in total. The Bertz CT molecular complexity index is 531. The third kappa shape index (κ3) is 5.01. The van der Waals surface area contributed by atoms with Crippen LogP contribution in [0, 0.1) is 0 Å². The molecule has 1 saturated heterocycles. The van der Waals surface area contributed by atoms with Crippen LogP contribution in [-0.2, 0) is 6.42 Å². The molecule has 1 aromatic rings. The van der Waals surface area contributed by atoms with E-state index in [1.165, 1.54) is 0 Å². The number of nitrogens with one attached hydrogen (secondary N) is 1. The molecule has 2 amide bonds. The summed E-state index contributed by atoms with van der Waals surface area (Å²) in [6, 6.07) is 5.75. The maximum Gasteiger partial charge on any atom is 0.317 e. The van der Waals surface area contributed by atoms with Crippen molar-refractivity contribution in [2.45, 2.75) is 6.42 Å². The Hall–Kier alpha value is -1.99. The molecule has 0 saturated carbocycles. The van der Waals surface area contributed by atoms with Crippen molar-refractivity contribution in [2.75, 3.05) is 60.1 Å². The predicted molar refractivity (Wildman–Crippen MR) is 91.7 cm³/mol. The van der Waals surface area contributed by atoms with E-state index in [9.17, 15) is 4.79 Å². The molecule has 0 radical (unpaired) electrons. The number of hydrogen-bond donors (Lipinski definition) is 2. The summed E-state index contributed by atoms with van der Waals surface area (Å²) in [5, 5.41) is 11.9. The molecule has 1 aliphatic rings. The Morgan fingerprint density at radius 3 is 2.50 bits per heavy atom. The topological polar surface area (TPSA) is 74.3 Å². The lowest BCUT2D eigenvalue weighted by molar-refractivity contribution is 0.122. The fourth-order valence-electron chi connectivity index (χ4n) is 2.78. The van der Waals surface area contributed by atoms with Crippen LogP contribution in [0.5, 0.6) is 11.5 Å². The number of carbonyl (C=O) groups is 1. The van der Waals surface area contributed by atoms with Gasteiger partial charge in [0.25, 0.3) is 0 Å². The number of piperazine rings is 1. The van der Waals surface area contributed by atoms with Crippen LogP contribution >= 0.6 is 0 Å². The molecule has 1 heterocycles. The number of benzene rings is 1. The van der Waals surface area contributed by atoms with Crippen LogP contribution < -0.4 is 14.8 Å². The molecule has 2 rings (SSSR count). The molecule has 24 heavy (non-hydrogen) atoms. The molecule has 1 aromatic carbocycles. The highest BCUT2D eigenvalue weighted by Crippen LogP contribution is 2.27. The number of methoxy groups -OCH3 is 2. The Morgan fingerprint density at radius 1 is 1.17 bits per heavy atom. The molecular weight excluding hydrogens is 310 g/mol. The number of rotatable bonds is 7. The largest absolute Gasteiger partial charge is 0.493 e. The highest BCUT2D eigenvalue weighted by atomic mass is 16.5. The monoisotopic (exact) mass is 337 g/mol. The van der Waals surface area contributed by atoms with Gasteiger partial charge in [-0.05, 0) is 24.1 Å². The number of hydrogen-bond acceptors (Lipinski definition) is 5. The number of aliphatic hydroxyl groups excluding tert-OH is 1. The zero-order valence-corrected chi connectivity index (χ0v) is 14.5. The normalized spacial score (nSPS) is 15.2. The Balaban J connectivity index is 1.75. The molecule has 0 atom stereocenters. The lowest BCUT2D eigenvalue weighted by Gasteiger charge is -2.34. The van der Waals surface area contributed by atoms with Gasteiger partial charge in [-0.3, -0.25) is 4.90 Å². The molecule has 7 heteroatoms. The quantitative estimate of drug-likeness (QED) is 0.761. The van der Waals surface area contributed by atoms with Crippen LogP contribution in [0.3, 0.4) is 0 Å². The van der Waals surface area contributed by atoms with E-state index in [0.29, 0.717) is 37.7 Å². The summed E-state index contributed by atoms with van der Waals surface area (Å²) in [7, 11) is 3.22. The molecule has 2 N–H and O–H groups in total. The molecule has 0 spiro atoms. The summed E-state index contributed by atoms with van der Waals surface area (Å²) in [6.45, 7) is 4.43. The summed E-state index contributed by atoms with van der Waals surface area (Å²) in [5.41, 5.74) is 1.08. The maximum absolute atomic E-state index is 12.2. The van der Waals surface area contributed by atoms with Gasteiger partial charge in [-0.2, -0.15) is 0 Å². The molecule has 134 valence electrons. The smallest absolute Gasteiger partial charge is 0.317 e. The summed E-state index contributed by atoms with van der Waals surface area (Å²) >= 11 is 0. The second kappa shape index (κ2) is 9.34. The fourth-order valence-corrected chi connectivity index (χ4v) is 2.78. The van der Waals surface area contributed by atoms with Crippen LogP contribution in [0.4, 0.5) is 4.79 Å². The van der Waals surface area contributed by atoms with Gasteiger partial charge in [0.1, 0.15) is 0 Å². The maximum atomic E-state index is 12.2. The number of urea groups is 1. The summed E-state index contributed by atoms with van der Waals surface area (Å²) in [4.78, 5) is 16.2. The van der Waals surface area contributed by atoms with Crippen LogP contribution in [0.25, 0.3) is 0 Å². The highest BCUT2D eigenvalue weighted by molar-refractivity contribution is 5.74. The number of β-amino-alcohol motifs (C(OH)–C–C–N with tert-alkyl or cyclic N) is 1. The zero-order valence-electron chi connectivity index (χ0n) is 14.5. The van der Waals surface area contributed by atoms with Crippen molar-refractivity contribution in [1.29, 1.82) is 0 Å². The molecule has 0 unspecified atom stereocenters. The lowest BCUT2D eigenvalue weighted by Crippen LogP contribution is -2.52. The van der Waals surface area contributed by atoms with Crippen molar-refractivity contribution in [3.63, 3.8) is 0 Å². The van der Waals surface area contributed by atoms with Crippen LogP contribution in [0.1, 0.15) is 5.56 Å². The minimum Gasteiger partial charge on any atom is -0.493 e. The minimum atomic E-state index is -0.0286. The third-order valence-corrected chi connectivity index (χ3v) is 4.21. The second-order valence-corrected chi connectivity index (χ2v) is 5.72. The Labute approximate surface area is 143 Å². The van der Waals surface area contributed by atoms with Gasteiger partial charge in [-0.25, -0.2) is 4.79 Å². The molecular formula is C17H27N3O4. The van der Waals surface area contributed by atoms with Crippen LogP contribution in [0.2, 0.25) is 0 Å². The van der Waals surface area contributed by atoms with Crippen molar-refractivity contribution in [2.24, 2.45) is 0 Å². The Morgan fingerprint density at radius 2 is 1.88 bits per heavy atom. The van der Waals surface area contributed by atoms with Gasteiger partial charge in [0.05, 0.1) is 20.8 Å². The van der Waals surface area contributed by atoms with Gasteiger partial charge in [-0.15, -0.1) is 0 Å². The average Bonchev–Trinajstić information content (AvgIpc) is 2.62. The first-order valence-corrected chi connectivity index (χ1v) is 8.24. The summed E-state index contributed by atoms with van der Waals surface area (Å²) in [6.07, 6.45) is 0.733. The van der Waals surface area contributed by atoms with Gasteiger partial charge in [0.2, 0.25) is 0 Å². The molecule has 0 bridgehead atoms. The number of amides is 2. The van der Waals surface area contributed by atoms with Crippen molar-refractivity contribution in [3.05, 3.63) is 23.8 Å². The van der Waals surface area contributed by atoms with E-state index < -0.39 is 0 Å². The van der Waals surface area contributed by atoms with E-state index in [4.69, 9.17) is 14.6 Å². The standard InChI is InChI=1S/C17H27N3O4/c1-23-15-4-3-14(13-16(15)24-2)5-6-18-17(22)20-9-7-19(8-10-20)11-12-21/h3-4,13,21H,5-12H2,1-2H3,(H,18,22). The number of aliphatic hydroxyl groups is 1. The van der Waals surface area contributed by atoms with Crippen LogP contribution in [-0.4, -0.2) is 81.0 Å². The Kier molecular flexibility index (Phi) is 7.14. The SMILES string of the molecule is COc1ccc(CCNC(=O)N2CCN(CCO)CC2)cc1OC. The number of nitrogens with zero attached hydrogens (tertiary/aromatic N) is 2. The third-order valence-electron chi connectivity index (χ3n) is 4.21. The second-order valence-electron chi connectivity index (χ2n) is 5.72. The van der Waals surface area contributed by atoms with Gasteiger partial charge >= 0.3 is 6.03 Å². The highest BCUT2D eigenvalue weighted by Gasteiger charge is 2.20. The van der Waals surface area contributed by atoms with E-state index in [1.54, 1.807) is 14.2 Å². The lowest BCUT2D eigenvalue weighted by atomic mass is 10.1. The zero-order chi connectivity index (χ0) is 17.4.